The second-order valence-electron chi connectivity index (χ2n) is 6.05. The Bertz CT molecular complexity index is 717. The molecule has 0 radical (unpaired) electrons. The van der Waals surface area contributed by atoms with Crippen LogP contribution in [0.3, 0.4) is 0 Å². The van der Waals surface area contributed by atoms with Gasteiger partial charge in [-0.15, -0.1) is 0 Å². The molecule has 0 bridgehead atoms. The van der Waals surface area contributed by atoms with Crippen LogP contribution in [0.15, 0.2) is 53.4 Å². The number of rotatable bonds is 5. The Morgan fingerprint density at radius 2 is 1.50 bits per heavy atom. The lowest BCUT2D eigenvalue weighted by molar-refractivity contribution is 0.594. The number of anilines is 1. The van der Waals surface area contributed by atoms with E-state index in [1.807, 2.05) is 43.3 Å². The molecular formula is C18H23NO2S. The molecule has 0 N–H and O–H groups in total. The normalized spacial score (nSPS) is 11.7. The van der Waals surface area contributed by atoms with Gasteiger partial charge in [0.2, 0.25) is 0 Å². The third kappa shape index (κ3) is 3.69. The minimum Gasteiger partial charge on any atom is -0.269 e. The molecule has 0 spiro atoms. The number of hydrogen-bond acceptors (Lipinski definition) is 2. The summed E-state index contributed by atoms with van der Waals surface area (Å²) < 4.78 is 26.6. The van der Waals surface area contributed by atoms with Crippen molar-refractivity contribution in [2.75, 3.05) is 11.4 Å². The van der Waals surface area contributed by atoms with Gasteiger partial charge in [0, 0.05) is 7.05 Å². The molecule has 0 atom stereocenters. The highest BCUT2D eigenvalue weighted by Gasteiger charge is 2.20. The van der Waals surface area contributed by atoms with Crippen LogP contribution in [0.2, 0.25) is 0 Å². The minimum absolute atomic E-state index is 0.312. The monoisotopic (exact) mass is 317 g/mol. The first kappa shape index (κ1) is 16.6. The SMILES string of the molecule is Cc1ccc(S(=O)(=O)N(C)c2ccc(CC(C)C)cc2)cc1. The standard InChI is InChI=1S/C18H23NO2S/c1-14(2)13-16-7-9-17(10-8-16)19(4)22(20,21)18-11-5-15(3)6-12-18/h5-12,14H,13H2,1-4H3. The maximum absolute atomic E-state index is 12.6. The Morgan fingerprint density at radius 1 is 0.955 bits per heavy atom. The summed E-state index contributed by atoms with van der Waals surface area (Å²) >= 11 is 0. The number of aryl methyl sites for hydroxylation is 1. The largest absolute Gasteiger partial charge is 0.269 e. The van der Waals surface area contributed by atoms with Gasteiger partial charge in [-0.1, -0.05) is 43.7 Å². The number of sulfonamides is 1. The average Bonchev–Trinajstić information content (AvgIpc) is 2.47. The van der Waals surface area contributed by atoms with Crippen molar-refractivity contribution in [2.24, 2.45) is 5.92 Å². The third-order valence-corrected chi connectivity index (χ3v) is 5.42. The molecule has 0 aromatic heterocycles. The summed E-state index contributed by atoms with van der Waals surface area (Å²) in [5.41, 5.74) is 2.94. The van der Waals surface area contributed by atoms with Crippen LogP contribution in [-0.4, -0.2) is 15.5 Å². The van der Waals surface area contributed by atoms with Crippen molar-refractivity contribution < 1.29 is 8.42 Å². The molecule has 2 aromatic carbocycles. The zero-order valence-corrected chi connectivity index (χ0v) is 14.4. The summed E-state index contributed by atoms with van der Waals surface area (Å²) in [5.74, 6) is 0.583. The fourth-order valence-corrected chi connectivity index (χ4v) is 3.52. The quantitative estimate of drug-likeness (QED) is 0.835. The summed E-state index contributed by atoms with van der Waals surface area (Å²) in [4.78, 5) is 0.312. The zero-order valence-electron chi connectivity index (χ0n) is 13.6. The first-order chi connectivity index (χ1) is 10.3. The molecule has 2 rings (SSSR count). The molecule has 4 heteroatoms. The summed E-state index contributed by atoms with van der Waals surface area (Å²) in [6.45, 7) is 6.28. The number of benzene rings is 2. The van der Waals surface area contributed by atoms with E-state index >= 15 is 0 Å². The Kier molecular flexibility index (Phi) is 4.91. The molecule has 0 aliphatic heterocycles. The van der Waals surface area contributed by atoms with E-state index in [-0.39, 0.29) is 0 Å². The molecule has 22 heavy (non-hydrogen) atoms. The lowest BCUT2D eigenvalue weighted by atomic mass is 10.0. The van der Waals surface area contributed by atoms with E-state index in [0.717, 1.165) is 12.0 Å². The summed E-state index contributed by atoms with van der Waals surface area (Å²) in [7, 11) is -1.92. The minimum atomic E-state index is -3.51. The third-order valence-electron chi connectivity index (χ3n) is 3.62. The molecule has 118 valence electrons. The fourth-order valence-electron chi connectivity index (χ4n) is 2.32. The predicted octanol–water partition coefficient (Wildman–Crippen LogP) is 4.02. The zero-order chi connectivity index (χ0) is 16.3. The molecular weight excluding hydrogens is 294 g/mol. The number of hydrogen-bond donors (Lipinski definition) is 0. The maximum Gasteiger partial charge on any atom is 0.264 e. The molecule has 0 saturated heterocycles. The van der Waals surface area contributed by atoms with Crippen LogP contribution in [0, 0.1) is 12.8 Å². The van der Waals surface area contributed by atoms with Gasteiger partial charge in [-0.05, 0) is 49.1 Å². The van der Waals surface area contributed by atoms with Gasteiger partial charge in [-0.25, -0.2) is 8.42 Å². The molecule has 0 amide bonds. The van der Waals surface area contributed by atoms with Gasteiger partial charge < -0.3 is 0 Å². The topological polar surface area (TPSA) is 37.4 Å². The van der Waals surface area contributed by atoms with Crippen molar-refractivity contribution in [1.29, 1.82) is 0 Å². The Morgan fingerprint density at radius 3 is 2.00 bits per heavy atom. The summed E-state index contributed by atoms with van der Waals surface area (Å²) in [5, 5.41) is 0. The predicted molar refractivity (Wildman–Crippen MR) is 91.8 cm³/mol. The molecule has 2 aromatic rings. The van der Waals surface area contributed by atoms with Crippen molar-refractivity contribution in [3.8, 4) is 0 Å². The van der Waals surface area contributed by atoms with Crippen LogP contribution in [-0.2, 0) is 16.4 Å². The first-order valence-electron chi connectivity index (χ1n) is 7.45. The van der Waals surface area contributed by atoms with Crippen LogP contribution in [0.4, 0.5) is 5.69 Å². The van der Waals surface area contributed by atoms with Crippen LogP contribution >= 0.6 is 0 Å². The van der Waals surface area contributed by atoms with Crippen LogP contribution < -0.4 is 4.31 Å². The summed E-state index contributed by atoms with van der Waals surface area (Å²) in [6.07, 6.45) is 0.995. The van der Waals surface area contributed by atoms with Gasteiger partial charge in [-0.3, -0.25) is 4.31 Å². The van der Waals surface area contributed by atoms with Crippen molar-refractivity contribution in [3.63, 3.8) is 0 Å². The van der Waals surface area contributed by atoms with Gasteiger partial charge >= 0.3 is 0 Å². The lowest BCUT2D eigenvalue weighted by Crippen LogP contribution is -2.26. The molecule has 0 unspecified atom stereocenters. The van der Waals surface area contributed by atoms with E-state index in [1.54, 1.807) is 19.2 Å². The highest BCUT2D eigenvalue weighted by atomic mass is 32.2. The molecule has 0 aliphatic carbocycles. The second kappa shape index (κ2) is 6.53. The Hall–Kier alpha value is -1.81. The first-order valence-corrected chi connectivity index (χ1v) is 8.89. The van der Waals surface area contributed by atoms with Crippen molar-refractivity contribution in [1.82, 2.24) is 0 Å². The average molecular weight is 317 g/mol. The van der Waals surface area contributed by atoms with Gasteiger partial charge in [0.25, 0.3) is 10.0 Å². The van der Waals surface area contributed by atoms with Crippen LogP contribution in [0.5, 0.6) is 0 Å². The molecule has 3 nitrogen and oxygen atoms in total. The van der Waals surface area contributed by atoms with Crippen LogP contribution in [0.1, 0.15) is 25.0 Å². The second-order valence-corrected chi connectivity index (χ2v) is 8.02. The highest BCUT2D eigenvalue weighted by Crippen LogP contribution is 2.23. The van der Waals surface area contributed by atoms with E-state index < -0.39 is 10.0 Å². The highest BCUT2D eigenvalue weighted by molar-refractivity contribution is 7.92. The Balaban J connectivity index is 2.26. The van der Waals surface area contributed by atoms with E-state index in [0.29, 0.717) is 16.5 Å². The molecule has 0 fully saturated rings. The number of nitrogens with zero attached hydrogens (tertiary/aromatic N) is 1. The molecule has 0 aliphatic rings. The Labute approximate surface area is 133 Å². The van der Waals surface area contributed by atoms with Crippen molar-refractivity contribution in [2.45, 2.75) is 32.1 Å². The van der Waals surface area contributed by atoms with Gasteiger partial charge in [0.05, 0.1) is 10.6 Å². The fraction of sp³-hybridized carbons (Fsp3) is 0.333. The maximum atomic E-state index is 12.6. The van der Waals surface area contributed by atoms with Gasteiger partial charge in [0.1, 0.15) is 0 Å². The van der Waals surface area contributed by atoms with Crippen molar-refractivity contribution in [3.05, 3.63) is 59.7 Å². The van der Waals surface area contributed by atoms with E-state index in [1.165, 1.54) is 9.87 Å². The van der Waals surface area contributed by atoms with Gasteiger partial charge in [0.15, 0.2) is 0 Å². The lowest BCUT2D eigenvalue weighted by Gasteiger charge is -2.20. The molecule has 0 heterocycles. The van der Waals surface area contributed by atoms with E-state index in [4.69, 9.17) is 0 Å². The smallest absolute Gasteiger partial charge is 0.264 e. The summed E-state index contributed by atoms with van der Waals surface area (Å²) in [6, 6.07) is 14.6. The van der Waals surface area contributed by atoms with E-state index in [2.05, 4.69) is 13.8 Å². The van der Waals surface area contributed by atoms with Crippen LogP contribution in [0.25, 0.3) is 0 Å². The van der Waals surface area contributed by atoms with Crippen molar-refractivity contribution >= 4 is 15.7 Å². The molecule has 0 saturated carbocycles. The van der Waals surface area contributed by atoms with E-state index in [9.17, 15) is 8.42 Å². The van der Waals surface area contributed by atoms with Gasteiger partial charge in [-0.2, -0.15) is 0 Å².